The second-order valence-electron chi connectivity index (χ2n) is 7.89. The van der Waals surface area contributed by atoms with Crippen LogP contribution in [-0.4, -0.2) is 42.8 Å². The average Bonchev–Trinajstić information content (AvgIpc) is 2.81. The van der Waals surface area contributed by atoms with E-state index in [2.05, 4.69) is 31.2 Å². The molecule has 4 rings (SSSR count). The average molecular weight is 400 g/mol. The standard InChI is InChI=1S/C26H26N2O2/c1-20-9-5-6-12-22(20)19-27-15-17-28(18-16-27)26(30)24-14-8-7-13-23(24)25(29)21-10-3-2-4-11-21/h2-14H,15-19H2,1H3/p+1. The molecule has 0 aromatic heterocycles. The van der Waals surface area contributed by atoms with E-state index in [4.69, 9.17) is 0 Å². The molecule has 30 heavy (non-hydrogen) atoms. The van der Waals surface area contributed by atoms with Crippen molar-refractivity contribution in [3.05, 3.63) is 107 Å². The van der Waals surface area contributed by atoms with Gasteiger partial charge in [-0.25, -0.2) is 0 Å². The molecule has 1 amide bonds. The van der Waals surface area contributed by atoms with Gasteiger partial charge in [0.2, 0.25) is 0 Å². The van der Waals surface area contributed by atoms with Crippen molar-refractivity contribution >= 4 is 11.7 Å². The normalized spacial score (nSPS) is 14.5. The van der Waals surface area contributed by atoms with E-state index in [9.17, 15) is 9.59 Å². The highest BCUT2D eigenvalue weighted by molar-refractivity contribution is 6.15. The van der Waals surface area contributed by atoms with Crippen LogP contribution in [0.4, 0.5) is 0 Å². The molecular weight excluding hydrogens is 372 g/mol. The summed E-state index contributed by atoms with van der Waals surface area (Å²) < 4.78 is 0. The first-order chi connectivity index (χ1) is 14.6. The van der Waals surface area contributed by atoms with E-state index >= 15 is 0 Å². The quantitative estimate of drug-likeness (QED) is 0.671. The van der Waals surface area contributed by atoms with Crippen LogP contribution in [0.5, 0.6) is 0 Å². The smallest absolute Gasteiger partial charge is 0.255 e. The molecule has 1 saturated heterocycles. The highest BCUT2D eigenvalue weighted by Gasteiger charge is 2.27. The molecular formula is C26H27N2O2+. The Labute approximate surface area is 177 Å². The first-order valence-electron chi connectivity index (χ1n) is 10.5. The summed E-state index contributed by atoms with van der Waals surface area (Å²) in [6, 6.07) is 24.8. The Morgan fingerprint density at radius 1 is 0.800 bits per heavy atom. The number of benzene rings is 3. The number of hydrogen-bond acceptors (Lipinski definition) is 2. The van der Waals surface area contributed by atoms with Gasteiger partial charge in [0.15, 0.2) is 5.78 Å². The first-order valence-corrected chi connectivity index (χ1v) is 10.5. The summed E-state index contributed by atoms with van der Waals surface area (Å²) in [6.07, 6.45) is 0. The SMILES string of the molecule is Cc1ccccc1C[NH+]1CCN(C(=O)c2ccccc2C(=O)c2ccccc2)CC1. The van der Waals surface area contributed by atoms with Crippen LogP contribution in [0.3, 0.4) is 0 Å². The van der Waals surface area contributed by atoms with Gasteiger partial charge in [-0.05, 0) is 18.6 Å². The highest BCUT2D eigenvalue weighted by atomic mass is 16.2. The number of carbonyl (C=O) groups is 2. The third-order valence-corrected chi connectivity index (χ3v) is 5.90. The lowest BCUT2D eigenvalue weighted by Gasteiger charge is -2.32. The third-order valence-electron chi connectivity index (χ3n) is 5.90. The third kappa shape index (κ3) is 4.34. The van der Waals surface area contributed by atoms with Crippen LogP contribution in [0.2, 0.25) is 0 Å². The lowest BCUT2D eigenvalue weighted by Crippen LogP contribution is -3.13. The molecule has 1 heterocycles. The second-order valence-corrected chi connectivity index (χ2v) is 7.89. The van der Waals surface area contributed by atoms with Gasteiger partial charge >= 0.3 is 0 Å². The largest absolute Gasteiger partial charge is 0.328 e. The molecule has 0 radical (unpaired) electrons. The number of nitrogens with zero attached hydrogens (tertiary/aromatic N) is 1. The number of rotatable bonds is 5. The van der Waals surface area contributed by atoms with Gasteiger partial charge in [-0.15, -0.1) is 0 Å². The molecule has 0 spiro atoms. The molecule has 152 valence electrons. The fourth-order valence-electron chi connectivity index (χ4n) is 4.06. The summed E-state index contributed by atoms with van der Waals surface area (Å²) in [7, 11) is 0. The van der Waals surface area contributed by atoms with Crippen molar-refractivity contribution in [3.63, 3.8) is 0 Å². The molecule has 1 aliphatic heterocycles. The topological polar surface area (TPSA) is 41.8 Å². The molecule has 1 aliphatic rings. The Morgan fingerprint density at radius 2 is 1.40 bits per heavy atom. The summed E-state index contributed by atoms with van der Waals surface area (Å²) in [4.78, 5) is 29.6. The molecule has 3 aromatic carbocycles. The van der Waals surface area contributed by atoms with E-state index in [1.807, 2.05) is 35.2 Å². The molecule has 1 fully saturated rings. The van der Waals surface area contributed by atoms with Crippen molar-refractivity contribution in [3.8, 4) is 0 Å². The number of nitrogens with one attached hydrogen (secondary N) is 1. The maximum absolute atomic E-state index is 13.2. The van der Waals surface area contributed by atoms with Crippen LogP contribution in [0, 0.1) is 6.92 Å². The first kappa shape index (κ1) is 20.0. The van der Waals surface area contributed by atoms with Crippen LogP contribution in [0.25, 0.3) is 0 Å². The zero-order valence-corrected chi connectivity index (χ0v) is 17.3. The van der Waals surface area contributed by atoms with Crippen molar-refractivity contribution in [2.75, 3.05) is 26.2 Å². The van der Waals surface area contributed by atoms with Gasteiger partial charge < -0.3 is 9.80 Å². The predicted octanol–water partition coefficient (Wildman–Crippen LogP) is 2.77. The van der Waals surface area contributed by atoms with Crippen LogP contribution >= 0.6 is 0 Å². The van der Waals surface area contributed by atoms with Gasteiger partial charge in [0.1, 0.15) is 6.54 Å². The highest BCUT2D eigenvalue weighted by Crippen LogP contribution is 2.17. The molecule has 0 aliphatic carbocycles. The molecule has 4 nitrogen and oxygen atoms in total. The minimum absolute atomic E-state index is 0.0511. The molecule has 0 saturated carbocycles. The molecule has 1 N–H and O–H groups in total. The minimum atomic E-state index is -0.108. The Balaban J connectivity index is 1.45. The molecule has 0 bridgehead atoms. The number of carbonyl (C=O) groups excluding carboxylic acids is 2. The van der Waals surface area contributed by atoms with Gasteiger partial charge in [-0.3, -0.25) is 9.59 Å². The Kier molecular flexibility index (Phi) is 6.05. The number of piperazine rings is 1. The van der Waals surface area contributed by atoms with E-state index < -0.39 is 0 Å². The number of quaternary nitrogens is 1. The van der Waals surface area contributed by atoms with Crippen LogP contribution in [-0.2, 0) is 6.54 Å². The maximum Gasteiger partial charge on any atom is 0.255 e. The lowest BCUT2D eigenvalue weighted by atomic mass is 9.97. The van der Waals surface area contributed by atoms with Crippen molar-refractivity contribution in [1.82, 2.24) is 4.90 Å². The van der Waals surface area contributed by atoms with Crippen molar-refractivity contribution in [2.45, 2.75) is 13.5 Å². The van der Waals surface area contributed by atoms with Gasteiger partial charge in [-0.1, -0.05) is 72.8 Å². The Hall–Kier alpha value is -3.24. The van der Waals surface area contributed by atoms with E-state index in [-0.39, 0.29) is 11.7 Å². The van der Waals surface area contributed by atoms with Crippen LogP contribution < -0.4 is 4.90 Å². The van der Waals surface area contributed by atoms with E-state index in [1.165, 1.54) is 16.0 Å². The number of amides is 1. The van der Waals surface area contributed by atoms with Crippen molar-refractivity contribution in [2.24, 2.45) is 0 Å². The second kappa shape index (κ2) is 9.06. The van der Waals surface area contributed by atoms with Gasteiger partial charge in [-0.2, -0.15) is 0 Å². The number of ketones is 1. The Bertz CT molecular complexity index is 1040. The Morgan fingerprint density at radius 3 is 2.10 bits per heavy atom. The minimum Gasteiger partial charge on any atom is -0.328 e. The van der Waals surface area contributed by atoms with E-state index in [0.717, 1.165) is 19.6 Å². The monoisotopic (exact) mass is 399 g/mol. The van der Waals surface area contributed by atoms with Crippen LogP contribution in [0.15, 0.2) is 78.9 Å². The summed E-state index contributed by atoms with van der Waals surface area (Å²) in [5, 5.41) is 0. The fraction of sp³-hybridized carbons (Fsp3) is 0.231. The summed E-state index contributed by atoms with van der Waals surface area (Å²) >= 11 is 0. The molecule has 0 atom stereocenters. The zero-order valence-electron chi connectivity index (χ0n) is 17.3. The van der Waals surface area contributed by atoms with Gasteiger partial charge in [0.05, 0.1) is 31.7 Å². The number of aryl methyl sites for hydroxylation is 1. The van der Waals surface area contributed by atoms with Crippen molar-refractivity contribution in [1.29, 1.82) is 0 Å². The molecule has 3 aromatic rings. The molecule has 4 heteroatoms. The van der Waals surface area contributed by atoms with Crippen LogP contribution in [0.1, 0.15) is 37.4 Å². The zero-order chi connectivity index (χ0) is 20.9. The number of hydrogen-bond donors (Lipinski definition) is 1. The van der Waals surface area contributed by atoms with E-state index in [1.54, 1.807) is 24.3 Å². The predicted molar refractivity (Wildman–Crippen MR) is 118 cm³/mol. The van der Waals surface area contributed by atoms with Gasteiger partial charge in [0.25, 0.3) is 5.91 Å². The van der Waals surface area contributed by atoms with Crippen molar-refractivity contribution < 1.29 is 14.5 Å². The lowest BCUT2D eigenvalue weighted by molar-refractivity contribution is -0.917. The fourth-order valence-corrected chi connectivity index (χ4v) is 4.06. The van der Waals surface area contributed by atoms with E-state index in [0.29, 0.717) is 29.8 Å². The van der Waals surface area contributed by atoms with Gasteiger partial charge in [0, 0.05) is 16.7 Å². The summed E-state index contributed by atoms with van der Waals surface area (Å²) in [5.74, 6) is -0.159. The summed E-state index contributed by atoms with van der Waals surface area (Å²) in [5.41, 5.74) is 4.25. The summed E-state index contributed by atoms with van der Waals surface area (Å²) in [6.45, 7) is 6.36. The maximum atomic E-state index is 13.2. The molecule has 0 unspecified atom stereocenters.